The van der Waals surface area contributed by atoms with Crippen LogP contribution in [0, 0.1) is 0 Å². The lowest BCUT2D eigenvalue weighted by Crippen LogP contribution is -2.13. The van der Waals surface area contributed by atoms with Gasteiger partial charge in [0.15, 0.2) is 0 Å². The van der Waals surface area contributed by atoms with Gasteiger partial charge in [0.1, 0.15) is 5.69 Å². The van der Waals surface area contributed by atoms with E-state index in [-0.39, 0.29) is 0 Å². The minimum Gasteiger partial charge on any atom is -0.477 e. The molecule has 0 radical (unpaired) electrons. The van der Waals surface area contributed by atoms with E-state index in [4.69, 9.17) is 0 Å². The van der Waals surface area contributed by atoms with Crippen LogP contribution >= 0.6 is 0 Å². The normalized spacial score (nSPS) is 14.0. The van der Waals surface area contributed by atoms with Crippen molar-refractivity contribution in [3.05, 3.63) is 52.8 Å². The van der Waals surface area contributed by atoms with Crippen LogP contribution in [0.2, 0.25) is 0 Å². The van der Waals surface area contributed by atoms with E-state index in [2.05, 4.69) is 17.2 Å². The third-order valence-electron chi connectivity index (χ3n) is 3.88. The first-order valence-electron chi connectivity index (χ1n) is 7.11. The third kappa shape index (κ3) is 2.46. The zero-order valence-electron chi connectivity index (χ0n) is 11.4. The van der Waals surface area contributed by atoms with Crippen LogP contribution in [-0.4, -0.2) is 20.9 Å². The number of aryl methyl sites for hydroxylation is 3. The first kappa shape index (κ1) is 12.9. The second kappa shape index (κ2) is 5.49. The number of carboxylic acid groups (broad SMARTS) is 1. The van der Waals surface area contributed by atoms with Crippen molar-refractivity contribution in [3.63, 3.8) is 0 Å². The fourth-order valence-electron chi connectivity index (χ4n) is 2.89. The van der Waals surface area contributed by atoms with Crippen LogP contribution in [0.3, 0.4) is 0 Å². The van der Waals surface area contributed by atoms with Crippen molar-refractivity contribution in [2.45, 2.75) is 38.6 Å². The van der Waals surface area contributed by atoms with Crippen molar-refractivity contribution in [1.29, 1.82) is 0 Å². The summed E-state index contributed by atoms with van der Waals surface area (Å²) in [6.07, 6.45) is 4.75. The monoisotopic (exact) mass is 270 g/mol. The van der Waals surface area contributed by atoms with Gasteiger partial charge in [0.05, 0.1) is 5.69 Å². The lowest BCUT2D eigenvalue weighted by molar-refractivity contribution is 0.0681. The summed E-state index contributed by atoms with van der Waals surface area (Å²) in [5, 5.41) is 14.0. The van der Waals surface area contributed by atoms with Crippen molar-refractivity contribution in [2.24, 2.45) is 0 Å². The number of hydrogen-bond donors (Lipinski definition) is 1. The van der Waals surface area contributed by atoms with Crippen molar-refractivity contribution >= 4 is 5.97 Å². The number of nitrogens with zero attached hydrogens (tertiary/aromatic N) is 2. The highest BCUT2D eigenvalue weighted by atomic mass is 16.4. The Hall–Kier alpha value is -2.10. The lowest BCUT2D eigenvalue weighted by atomic mass is 9.96. The Morgan fingerprint density at radius 1 is 1.20 bits per heavy atom. The Bertz CT molecular complexity index is 617. The fraction of sp³-hybridized carbons (Fsp3) is 0.375. The van der Waals surface area contributed by atoms with Gasteiger partial charge in [-0.15, -0.1) is 0 Å². The predicted molar refractivity (Wildman–Crippen MR) is 76.0 cm³/mol. The molecule has 20 heavy (non-hydrogen) atoms. The Morgan fingerprint density at radius 2 is 1.95 bits per heavy atom. The van der Waals surface area contributed by atoms with Gasteiger partial charge in [-0.2, -0.15) is 5.10 Å². The maximum atomic E-state index is 11.5. The van der Waals surface area contributed by atoms with E-state index in [1.807, 2.05) is 18.2 Å². The summed E-state index contributed by atoms with van der Waals surface area (Å²) in [4.78, 5) is 11.5. The molecule has 1 N–H and O–H groups in total. The van der Waals surface area contributed by atoms with Gasteiger partial charge in [-0.05, 0) is 37.7 Å². The largest absolute Gasteiger partial charge is 0.477 e. The number of aromatic carboxylic acids is 1. The molecule has 1 aliphatic rings. The molecule has 0 aliphatic heterocycles. The van der Waals surface area contributed by atoms with E-state index in [1.165, 1.54) is 5.56 Å². The Labute approximate surface area is 118 Å². The van der Waals surface area contributed by atoms with Gasteiger partial charge in [-0.25, -0.2) is 4.79 Å². The number of benzene rings is 1. The number of hydrogen-bond acceptors (Lipinski definition) is 2. The number of aromatic nitrogens is 2. The molecule has 4 nitrogen and oxygen atoms in total. The third-order valence-corrected chi connectivity index (χ3v) is 3.88. The Morgan fingerprint density at radius 3 is 2.70 bits per heavy atom. The molecular formula is C16H18N2O2. The molecule has 1 heterocycles. The molecule has 1 aromatic carbocycles. The average molecular weight is 270 g/mol. The first-order valence-corrected chi connectivity index (χ1v) is 7.11. The van der Waals surface area contributed by atoms with Crippen molar-refractivity contribution in [2.75, 3.05) is 0 Å². The minimum absolute atomic E-state index is 0.399. The molecule has 0 amide bonds. The molecule has 0 saturated carbocycles. The molecule has 3 rings (SSSR count). The maximum absolute atomic E-state index is 11.5. The van der Waals surface area contributed by atoms with Gasteiger partial charge in [0, 0.05) is 12.1 Å². The zero-order valence-corrected chi connectivity index (χ0v) is 11.4. The summed E-state index contributed by atoms with van der Waals surface area (Å²) >= 11 is 0. The van der Waals surface area contributed by atoms with E-state index in [9.17, 15) is 9.90 Å². The summed E-state index contributed by atoms with van der Waals surface area (Å²) < 4.78 is 1.69. The van der Waals surface area contributed by atoms with E-state index < -0.39 is 5.97 Å². The summed E-state index contributed by atoms with van der Waals surface area (Å²) in [5.41, 5.74) is 3.55. The standard InChI is InChI=1S/C16H18N2O2/c19-16(20)15-13-8-4-5-9-14(13)17-18(15)11-10-12-6-2-1-3-7-12/h1-3,6-7H,4-5,8-11H2,(H,19,20). The molecule has 0 bridgehead atoms. The maximum Gasteiger partial charge on any atom is 0.354 e. The fourth-order valence-corrected chi connectivity index (χ4v) is 2.89. The summed E-state index contributed by atoms with van der Waals surface area (Å²) in [6.45, 7) is 0.624. The van der Waals surface area contributed by atoms with Crippen LogP contribution in [0.1, 0.15) is 40.2 Å². The van der Waals surface area contributed by atoms with Crippen molar-refractivity contribution in [1.82, 2.24) is 9.78 Å². The summed E-state index contributed by atoms with van der Waals surface area (Å²) in [6, 6.07) is 10.1. The highest BCUT2D eigenvalue weighted by Gasteiger charge is 2.24. The zero-order chi connectivity index (χ0) is 13.9. The number of carboxylic acids is 1. The minimum atomic E-state index is -0.853. The number of fused-ring (bicyclic) bond motifs is 1. The lowest BCUT2D eigenvalue weighted by Gasteiger charge is -2.09. The van der Waals surface area contributed by atoms with E-state index in [0.717, 1.165) is 43.4 Å². The van der Waals surface area contributed by atoms with Gasteiger partial charge in [-0.1, -0.05) is 30.3 Å². The van der Waals surface area contributed by atoms with Crippen LogP contribution < -0.4 is 0 Å². The highest BCUT2D eigenvalue weighted by molar-refractivity contribution is 5.87. The van der Waals surface area contributed by atoms with Gasteiger partial charge < -0.3 is 5.11 Å². The number of rotatable bonds is 4. The second-order valence-electron chi connectivity index (χ2n) is 5.24. The molecule has 2 aromatic rings. The molecular weight excluding hydrogens is 252 g/mol. The van der Waals surface area contributed by atoms with Gasteiger partial charge in [0.25, 0.3) is 0 Å². The van der Waals surface area contributed by atoms with Crippen LogP contribution in [0.4, 0.5) is 0 Å². The van der Waals surface area contributed by atoms with Crippen LogP contribution in [0.25, 0.3) is 0 Å². The first-order chi connectivity index (χ1) is 9.75. The van der Waals surface area contributed by atoms with Crippen LogP contribution in [0.5, 0.6) is 0 Å². The quantitative estimate of drug-likeness (QED) is 0.929. The topological polar surface area (TPSA) is 55.1 Å². The molecule has 104 valence electrons. The molecule has 0 atom stereocenters. The van der Waals surface area contributed by atoms with Crippen molar-refractivity contribution < 1.29 is 9.90 Å². The van der Waals surface area contributed by atoms with Gasteiger partial charge in [0.2, 0.25) is 0 Å². The van der Waals surface area contributed by atoms with Gasteiger partial charge >= 0.3 is 5.97 Å². The molecule has 1 aromatic heterocycles. The molecule has 4 heteroatoms. The van der Waals surface area contributed by atoms with E-state index in [0.29, 0.717) is 12.2 Å². The Kier molecular flexibility index (Phi) is 3.54. The van der Waals surface area contributed by atoms with Crippen molar-refractivity contribution in [3.8, 4) is 0 Å². The molecule has 0 fully saturated rings. The molecule has 0 saturated heterocycles. The summed E-state index contributed by atoms with van der Waals surface area (Å²) in [7, 11) is 0. The summed E-state index contributed by atoms with van der Waals surface area (Å²) in [5.74, 6) is -0.853. The van der Waals surface area contributed by atoms with E-state index >= 15 is 0 Å². The van der Waals surface area contributed by atoms with E-state index in [1.54, 1.807) is 4.68 Å². The van der Waals surface area contributed by atoms with Crippen LogP contribution in [0.15, 0.2) is 30.3 Å². The average Bonchev–Trinajstić information content (AvgIpc) is 2.84. The number of carbonyl (C=O) groups is 1. The second-order valence-corrected chi connectivity index (χ2v) is 5.24. The SMILES string of the molecule is O=C(O)c1c2c(nn1CCc1ccccc1)CCCC2. The molecule has 0 unspecified atom stereocenters. The smallest absolute Gasteiger partial charge is 0.354 e. The van der Waals surface area contributed by atoms with Crippen LogP contribution in [-0.2, 0) is 25.8 Å². The van der Waals surface area contributed by atoms with Gasteiger partial charge in [-0.3, -0.25) is 4.68 Å². The molecule has 1 aliphatic carbocycles. The highest BCUT2D eigenvalue weighted by Crippen LogP contribution is 2.24. The predicted octanol–water partition coefficient (Wildman–Crippen LogP) is 2.70. The molecule has 0 spiro atoms. The Balaban J connectivity index is 1.85.